The molecule has 2 aromatic rings. The third-order valence-electron chi connectivity index (χ3n) is 5.96. The number of aromatic amines is 1. The zero-order valence-corrected chi connectivity index (χ0v) is 17.2. The quantitative estimate of drug-likeness (QED) is 0.527. The number of quaternary nitrogens is 1. The third kappa shape index (κ3) is 3.68. The van der Waals surface area contributed by atoms with Crippen molar-refractivity contribution in [1.29, 1.82) is 0 Å². The van der Waals surface area contributed by atoms with Crippen LogP contribution in [-0.4, -0.2) is 77.3 Å². The molecular weight excluding hydrogens is 368 g/mol. The summed E-state index contributed by atoms with van der Waals surface area (Å²) in [5.41, 5.74) is 5.41. The van der Waals surface area contributed by atoms with Gasteiger partial charge in [-0.15, -0.1) is 0 Å². The number of rotatable bonds is 5. The van der Waals surface area contributed by atoms with Crippen LogP contribution >= 0.6 is 0 Å². The Morgan fingerprint density at radius 1 is 1.28 bits per heavy atom. The molecule has 0 radical (unpaired) electrons. The highest BCUT2D eigenvalue weighted by molar-refractivity contribution is 5.86. The average Bonchev–Trinajstić information content (AvgIpc) is 3.16. The molecule has 1 atom stereocenters. The number of piperazine rings is 1. The number of H-pyrrole nitrogens is 1. The second-order valence-corrected chi connectivity index (χ2v) is 8.10. The van der Waals surface area contributed by atoms with Crippen LogP contribution in [0.5, 0.6) is 5.75 Å². The maximum absolute atomic E-state index is 11.9. The molecule has 8 nitrogen and oxygen atoms in total. The molecule has 1 unspecified atom stereocenters. The summed E-state index contributed by atoms with van der Waals surface area (Å²) in [6.45, 7) is 5.22. The van der Waals surface area contributed by atoms with Crippen LogP contribution in [0.4, 0.5) is 5.82 Å². The number of allylic oxidation sites excluding steroid dienone is 1. The Morgan fingerprint density at radius 2 is 2.10 bits per heavy atom. The van der Waals surface area contributed by atoms with Crippen LogP contribution in [0.3, 0.4) is 0 Å². The first kappa shape index (κ1) is 19.4. The van der Waals surface area contributed by atoms with Gasteiger partial charge in [-0.25, -0.2) is 5.12 Å². The van der Waals surface area contributed by atoms with Gasteiger partial charge in [0, 0.05) is 42.8 Å². The van der Waals surface area contributed by atoms with E-state index in [-0.39, 0.29) is 11.8 Å². The lowest BCUT2D eigenvalue weighted by atomic mass is 10.2. The van der Waals surface area contributed by atoms with E-state index < -0.39 is 0 Å². The minimum Gasteiger partial charge on any atom is -0.508 e. The molecule has 1 fully saturated rings. The van der Waals surface area contributed by atoms with Gasteiger partial charge in [0.05, 0.1) is 20.6 Å². The van der Waals surface area contributed by atoms with Gasteiger partial charge in [-0.3, -0.25) is 9.91 Å². The molecule has 0 saturated carbocycles. The molecule has 154 valence electrons. The molecular formula is C21H29N6O2+. The second-order valence-electron chi connectivity index (χ2n) is 8.10. The molecule has 0 amide bonds. The molecule has 8 heteroatoms. The highest BCUT2D eigenvalue weighted by Crippen LogP contribution is 2.27. The van der Waals surface area contributed by atoms with Gasteiger partial charge in [-0.05, 0) is 31.2 Å². The summed E-state index contributed by atoms with van der Waals surface area (Å²) < 4.78 is 0.785. The lowest BCUT2D eigenvalue weighted by Crippen LogP contribution is -2.60. The van der Waals surface area contributed by atoms with Crippen LogP contribution in [0.2, 0.25) is 0 Å². The van der Waals surface area contributed by atoms with Gasteiger partial charge >= 0.3 is 0 Å². The van der Waals surface area contributed by atoms with Crippen LogP contribution in [-0.2, 0) is 4.79 Å². The molecule has 0 aliphatic carbocycles. The first-order valence-corrected chi connectivity index (χ1v) is 9.97. The maximum atomic E-state index is 11.9. The van der Waals surface area contributed by atoms with Crippen LogP contribution in [0.1, 0.15) is 6.92 Å². The minimum atomic E-state index is -0.274. The molecule has 1 aromatic carbocycles. The SMILES string of the molecule is CC[N+](C)(C)C1=CN(N2CCN(c3cc4cc(O)ccc4[nH]3)C(C=O)C2)NC=C1. The fraction of sp³-hybridized carbons (Fsp3) is 0.381. The van der Waals surface area contributed by atoms with E-state index in [0.717, 1.165) is 40.6 Å². The first-order valence-electron chi connectivity index (χ1n) is 9.97. The molecule has 0 bridgehead atoms. The Balaban J connectivity index is 1.52. The van der Waals surface area contributed by atoms with Gasteiger partial charge in [0.25, 0.3) is 0 Å². The van der Waals surface area contributed by atoms with Crippen molar-refractivity contribution in [2.75, 3.05) is 45.2 Å². The topological polar surface area (TPSA) is 74.8 Å². The number of phenolic OH excluding ortho intramolecular Hbond substituents is 1. The Hall–Kier alpha value is -2.97. The highest BCUT2D eigenvalue weighted by atomic mass is 16.3. The van der Waals surface area contributed by atoms with Crippen molar-refractivity contribution >= 4 is 23.0 Å². The monoisotopic (exact) mass is 397 g/mol. The van der Waals surface area contributed by atoms with Crippen molar-refractivity contribution in [3.05, 3.63) is 48.4 Å². The summed E-state index contributed by atoms with van der Waals surface area (Å²) in [5.74, 6) is 1.13. The maximum Gasteiger partial charge on any atom is 0.153 e. The number of fused-ring (bicyclic) bond motifs is 1. The predicted molar refractivity (Wildman–Crippen MR) is 114 cm³/mol. The van der Waals surface area contributed by atoms with Gasteiger partial charge in [0.1, 0.15) is 30.1 Å². The zero-order chi connectivity index (χ0) is 20.6. The molecule has 2 aliphatic rings. The van der Waals surface area contributed by atoms with Crippen LogP contribution in [0.15, 0.2) is 48.4 Å². The lowest BCUT2D eigenvalue weighted by molar-refractivity contribution is -0.847. The minimum absolute atomic E-state index is 0.236. The van der Waals surface area contributed by atoms with E-state index in [9.17, 15) is 9.90 Å². The number of carbonyl (C=O) groups excluding carboxylic acids is 1. The third-order valence-corrected chi connectivity index (χ3v) is 5.96. The van der Waals surface area contributed by atoms with Crippen molar-refractivity contribution in [3.8, 4) is 5.75 Å². The summed E-state index contributed by atoms with van der Waals surface area (Å²) in [6, 6.07) is 6.95. The van der Waals surface area contributed by atoms with Crippen molar-refractivity contribution in [2.24, 2.45) is 0 Å². The van der Waals surface area contributed by atoms with E-state index in [1.165, 1.54) is 5.70 Å². The van der Waals surface area contributed by atoms with Crippen LogP contribution in [0, 0.1) is 0 Å². The summed E-state index contributed by atoms with van der Waals surface area (Å²) in [4.78, 5) is 17.4. The average molecular weight is 398 g/mol. The molecule has 2 aliphatic heterocycles. The normalized spacial score (nSPS) is 20.7. The Bertz CT molecular complexity index is 963. The number of phenols is 1. The molecule has 1 aromatic heterocycles. The number of aromatic hydroxyl groups is 1. The number of hydrazine groups is 2. The van der Waals surface area contributed by atoms with Crippen molar-refractivity contribution < 1.29 is 14.4 Å². The molecule has 1 saturated heterocycles. The van der Waals surface area contributed by atoms with E-state index in [1.807, 2.05) is 23.5 Å². The number of hydrogen-bond donors (Lipinski definition) is 3. The molecule has 29 heavy (non-hydrogen) atoms. The summed E-state index contributed by atoms with van der Waals surface area (Å²) in [7, 11) is 4.36. The second kappa shape index (κ2) is 7.46. The van der Waals surface area contributed by atoms with Crippen LogP contribution in [0.25, 0.3) is 10.9 Å². The number of likely N-dealkylation sites (N-methyl/N-ethyl adjacent to an activating group) is 1. The van der Waals surface area contributed by atoms with Crippen molar-refractivity contribution in [3.63, 3.8) is 0 Å². The van der Waals surface area contributed by atoms with Gasteiger partial charge in [0.2, 0.25) is 0 Å². The van der Waals surface area contributed by atoms with E-state index >= 15 is 0 Å². The number of carbonyl (C=O) groups is 1. The Morgan fingerprint density at radius 3 is 2.86 bits per heavy atom. The van der Waals surface area contributed by atoms with Crippen LogP contribution < -0.4 is 10.3 Å². The van der Waals surface area contributed by atoms with Gasteiger partial charge in [-0.2, -0.15) is 5.01 Å². The number of nitrogens with one attached hydrogen (secondary N) is 2. The highest BCUT2D eigenvalue weighted by Gasteiger charge is 2.32. The molecule has 3 heterocycles. The number of nitrogens with zero attached hydrogens (tertiary/aromatic N) is 4. The standard InChI is InChI=1S/C21H28N6O2/c1-4-27(2,3)18-7-8-22-26(14-18)24-9-10-25(17(13-24)15-28)21-12-16-11-19(29)5-6-20(16)23-21/h5-8,11-12,14-15,17,22-23H,4,9-10,13H2,1-3H3/p+1. The van der Waals surface area contributed by atoms with Gasteiger partial charge in [0.15, 0.2) is 5.70 Å². The van der Waals surface area contributed by atoms with Gasteiger partial charge < -0.3 is 19.8 Å². The fourth-order valence-corrected chi connectivity index (χ4v) is 3.77. The van der Waals surface area contributed by atoms with Crippen molar-refractivity contribution in [2.45, 2.75) is 13.0 Å². The van der Waals surface area contributed by atoms with Gasteiger partial charge in [-0.1, -0.05) is 0 Å². The smallest absolute Gasteiger partial charge is 0.153 e. The predicted octanol–water partition coefficient (Wildman–Crippen LogP) is 1.75. The molecule has 3 N–H and O–H groups in total. The molecule has 0 spiro atoms. The van der Waals surface area contributed by atoms with E-state index in [0.29, 0.717) is 13.1 Å². The number of aromatic nitrogens is 1. The number of anilines is 1. The summed E-state index contributed by atoms with van der Waals surface area (Å²) in [5, 5.41) is 14.8. The fourth-order valence-electron chi connectivity index (χ4n) is 3.77. The van der Waals surface area contributed by atoms with E-state index in [1.54, 1.807) is 12.1 Å². The van der Waals surface area contributed by atoms with E-state index in [4.69, 9.17) is 0 Å². The number of benzene rings is 1. The van der Waals surface area contributed by atoms with Crippen molar-refractivity contribution in [1.82, 2.24) is 20.5 Å². The first-order chi connectivity index (χ1) is 13.9. The largest absolute Gasteiger partial charge is 0.508 e. The van der Waals surface area contributed by atoms with E-state index in [2.05, 4.69) is 53.6 Å². The Labute approximate surface area is 170 Å². The summed E-state index contributed by atoms with van der Waals surface area (Å²) in [6.07, 6.45) is 7.14. The number of aldehydes is 1. The summed E-state index contributed by atoms with van der Waals surface area (Å²) >= 11 is 0. The molecule has 4 rings (SSSR count). The zero-order valence-electron chi connectivity index (χ0n) is 17.2. The Kier molecular flexibility index (Phi) is 4.97. The lowest BCUT2D eigenvalue weighted by Gasteiger charge is -2.44. The number of hydrogen-bond acceptors (Lipinski definition) is 6.